The van der Waals surface area contributed by atoms with Gasteiger partial charge < -0.3 is 10.6 Å². The zero-order valence-corrected chi connectivity index (χ0v) is 9.03. The third-order valence-corrected chi connectivity index (χ3v) is 2.79. The highest BCUT2D eigenvalue weighted by atomic mass is 16.2. The van der Waals surface area contributed by atoms with Crippen molar-refractivity contribution in [1.82, 2.24) is 4.98 Å². The quantitative estimate of drug-likeness (QED) is 0.736. The van der Waals surface area contributed by atoms with Gasteiger partial charge in [0.1, 0.15) is 0 Å². The van der Waals surface area contributed by atoms with Crippen molar-refractivity contribution < 1.29 is 4.79 Å². The van der Waals surface area contributed by atoms with E-state index >= 15 is 0 Å². The predicted octanol–water partition coefficient (Wildman–Crippen LogP) is 0.762. The van der Waals surface area contributed by atoms with E-state index in [4.69, 9.17) is 5.73 Å². The molecule has 1 unspecified atom stereocenters. The normalized spacial score (nSPS) is 21.1. The van der Waals surface area contributed by atoms with E-state index < -0.39 is 0 Å². The number of nitrogens with zero attached hydrogens (tertiary/aromatic N) is 2. The molecule has 0 bridgehead atoms. The molecule has 0 spiro atoms. The van der Waals surface area contributed by atoms with Crippen LogP contribution in [0.4, 0.5) is 5.69 Å². The summed E-state index contributed by atoms with van der Waals surface area (Å²) in [5.41, 5.74) is 8.69. The topological polar surface area (TPSA) is 59.2 Å². The fraction of sp³-hybridized carbons (Fsp3) is 0.455. The number of carbonyl (C=O) groups is 1. The minimum atomic E-state index is -0.0425. The van der Waals surface area contributed by atoms with Crippen LogP contribution in [0.15, 0.2) is 12.3 Å². The van der Waals surface area contributed by atoms with Gasteiger partial charge in [-0.15, -0.1) is 0 Å². The summed E-state index contributed by atoms with van der Waals surface area (Å²) in [6.45, 7) is 4.55. The van der Waals surface area contributed by atoms with Crippen LogP contribution in [0, 0.1) is 13.8 Å². The molecular formula is C11H15N3O. The number of rotatable bonds is 1. The van der Waals surface area contributed by atoms with E-state index in [0.29, 0.717) is 13.0 Å². The second-order valence-electron chi connectivity index (χ2n) is 4.06. The van der Waals surface area contributed by atoms with Crippen molar-refractivity contribution in [3.05, 3.63) is 23.5 Å². The van der Waals surface area contributed by atoms with Gasteiger partial charge in [0.25, 0.3) is 0 Å². The Bertz CT molecular complexity index is 403. The third kappa shape index (κ3) is 1.85. The summed E-state index contributed by atoms with van der Waals surface area (Å²) < 4.78 is 0. The smallest absolute Gasteiger partial charge is 0.228 e. The molecule has 1 atom stereocenters. The van der Waals surface area contributed by atoms with Crippen molar-refractivity contribution >= 4 is 11.6 Å². The van der Waals surface area contributed by atoms with Crippen molar-refractivity contribution in [2.45, 2.75) is 26.3 Å². The van der Waals surface area contributed by atoms with Crippen molar-refractivity contribution in [2.24, 2.45) is 5.73 Å². The molecule has 2 rings (SSSR count). The zero-order valence-electron chi connectivity index (χ0n) is 9.03. The molecule has 1 fully saturated rings. The van der Waals surface area contributed by atoms with Gasteiger partial charge in [0.05, 0.1) is 11.9 Å². The summed E-state index contributed by atoms with van der Waals surface area (Å²) in [5, 5.41) is 0. The Labute approximate surface area is 89.1 Å². The summed E-state index contributed by atoms with van der Waals surface area (Å²) in [7, 11) is 0. The Balaban J connectivity index is 2.30. The van der Waals surface area contributed by atoms with E-state index in [1.165, 1.54) is 0 Å². The molecule has 1 amide bonds. The molecule has 0 saturated carbocycles. The SMILES string of the molecule is Cc1cc(N2CC(N)CC2=O)cnc1C. The zero-order chi connectivity index (χ0) is 11.0. The molecule has 1 aromatic rings. The lowest BCUT2D eigenvalue weighted by Gasteiger charge is -2.16. The van der Waals surface area contributed by atoms with Crippen LogP contribution in [0.3, 0.4) is 0 Å². The second-order valence-corrected chi connectivity index (χ2v) is 4.06. The van der Waals surface area contributed by atoms with Crippen LogP contribution in [0.5, 0.6) is 0 Å². The average Bonchev–Trinajstić information content (AvgIpc) is 2.50. The van der Waals surface area contributed by atoms with E-state index in [1.54, 1.807) is 11.1 Å². The molecule has 0 aromatic carbocycles. The summed E-state index contributed by atoms with van der Waals surface area (Å²) in [6.07, 6.45) is 2.17. The summed E-state index contributed by atoms with van der Waals surface area (Å²) >= 11 is 0. The first-order valence-corrected chi connectivity index (χ1v) is 5.07. The van der Waals surface area contributed by atoms with E-state index in [0.717, 1.165) is 16.9 Å². The number of hydrogen-bond acceptors (Lipinski definition) is 3. The minimum Gasteiger partial charge on any atom is -0.326 e. The van der Waals surface area contributed by atoms with Crippen molar-refractivity contribution in [1.29, 1.82) is 0 Å². The van der Waals surface area contributed by atoms with Crippen LogP contribution in [0.25, 0.3) is 0 Å². The summed E-state index contributed by atoms with van der Waals surface area (Å²) in [5.74, 6) is 0.0903. The highest BCUT2D eigenvalue weighted by Crippen LogP contribution is 2.21. The number of pyridine rings is 1. The lowest BCUT2D eigenvalue weighted by Crippen LogP contribution is -2.28. The van der Waals surface area contributed by atoms with Crippen molar-refractivity contribution in [3.63, 3.8) is 0 Å². The van der Waals surface area contributed by atoms with Gasteiger partial charge in [-0.1, -0.05) is 0 Å². The maximum Gasteiger partial charge on any atom is 0.228 e. The average molecular weight is 205 g/mol. The maximum absolute atomic E-state index is 11.6. The standard InChI is InChI=1S/C11H15N3O/c1-7-3-10(5-13-8(7)2)14-6-9(12)4-11(14)15/h3,5,9H,4,6,12H2,1-2H3. The minimum absolute atomic E-state index is 0.0425. The number of carbonyl (C=O) groups excluding carboxylic acids is 1. The predicted molar refractivity (Wildman–Crippen MR) is 58.7 cm³/mol. The monoisotopic (exact) mass is 205 g/mol. The van der Waals surface area contributed by atoms with Crippen LogP contribution < -0.4 is 10.6 Å². The van der Waals surface area contributed by atoms with Crippen LogP contribution in [-0.4, -0.2) is 23.5 Å². The lowest BCUT2D eigenvalue weighted by atomic mass is 10.2. The fourth-order valence-electron chi connectivity index (χ4n) is 1.76. The second kappa shape index (κ2) is 3.62. The number of nitrogens with two attached hydrogens (primary N) is 1. The Morgan fingerprint density at radius 2 is 2.27 bits per heavy atom. The van der Waals surface area contributed by atoms with Crippen LogP contribution in [0.2, 0.25) is 0 Å². The lowest BCUT2D eigenvalue weighted by molar-refractivity contribution is -0.117. The molecule has 0 radical (unpaired) electrons. The van der Waals surface area contributed by atoms with E-state index in [2.05, 4.69) is 4.98 Å². The van der Waals surface area contributed by atoms with Gasteiger partial charge in [-0.05, 0) is 25.5 Å². The Kier molecular flexibility index (Phi) is 2.44. The molecule has 4 heteroatoms. The first kappa shape index (κ1) is 10.1. The van der Waals surface area contributed by atoms with Crippen LogP contribution >= 0.6 is 0 Å². The third-order valence-electron chi connectivity index (χ3n) is 2.79. The number of hydrogen-bond donors (Lipinski definition) is 1. The van der Waals surface area contributed by atoms with Gasteiger partial charge in [0, 0.05) is 24.7 Å². The Morgan fingerprint density at radius 3 is 2.80 bits per heavy atom. The molecule has 2 N–H and O–H groups in total. The van der Waals surface area contributed by atoms with Crippen molar-refractivity contribution in [2.75, 3.05) is 11.4 Å². The van der Waals surface area contributed by atoms with E-state index in [9.17, 15) is 4.79 Å². The van der Waals surface area contributed by atoms with Gasteiger partial charge in [-0.3, -0.25) is 9.78 Å². The van der Waals surface area contributed by atoms with Gasteiger partial charge in [0.15, 0.2) is 0 Å². The molecule has 1 aliphatic rings. The summed E-state index contributed by atoms with van der Waals surface area (Å²) in [4.78, 5) is 17.6. The highest BCUT2D eigenvalue weighted by molar-refractivity contribution is 5.96. The number of aromatic nitrogens is 1. The summed E-state index contributed by atoms with van der Waals surface area (Å²) in [6, 6.07) is 1.94. The van der Waals surface area contributed by atoms with Gasteiger partial charge in [-0.2, -0.15) is 0 Å². The van der Waals surface area contributed by atoms with E-state index in [1.807, 2.05) is 19.9 Å². The molecule has 15 heavy (non-hydrogen) atoms. The Morgan fingerprint density at radius 1 is 1.53 bits per heavy atom. The van der Waals surface area contributed by atoms with Gasteiger partial charge in [-0.25, -0.2) is 0 Å². The van der Waals surface area contributed by atoms with Crippen LogP contribution in [-0.2, 0) is 4.79 Å². The molecule has 4 nitrogen and oxygen atoms in total. The molecule has 1 aromatic heterocycles. The largest absolute Gasteiger partial charge is 0.326 e. The Hall–Kier alpha value is -1.42. The van der Waals surface area contributed by atoms with Gasteiger partial charge >= 0.3 is 0 Å². The van der Waals surface area contributed by atoms with Gasteiger partial charge in [0.2, 0.25) is 5.91 Å². The molecule has 2 heterocycles. The number of amides is 1. The fourth-order valence-corrected chi connectivity index (χ4v) is 1.76. The van der Waals surface area contributed by atoms with Crippen LogP contribution in [0.1, 0.15) is 17.7 Å². The van der Waals surface area contributed by atoms with Crippen molar-refractivity contribution in [3.8, 4) is 0 Å². The highest BCUT2D eigenvalue weighted by Gasteiger charge is 2.28. The van der Waals surface area contributed by atoms with E-state index in [-0.39, 0.29) is 11.9 Å². The molecule has 1 saturated heterocycles. The molecule has 80 valence electrons. The molecular weight excluding hydrogens is 190 g/mol. The maximum atomic E-state index is 11.6. The first-order valence-electron chi connectivity index (χ1n) is 5.07. The first-order chi connectivity index (χ1) is 7.08. The number of anilines is 1. The number of aryl methyl sites for hydroxylation is 2. The molecule has 1 aliphatic heterocycles. The molecule has 0 aliphatic carbocycles.